The molecule has 1 saturated heterocycles. The number of carboxylic acids is 1. The maximum Gasteiger partial charge on any atom is 0.306 e. The topological polar surface area (TPSA) is 71.7 Å². The Labute approximate surface area is 180 Å². The number of carboxylic acid groups (broad SMARTS) is 1. The van der Waals surface area contributed by atoms with Crippen molar-refractivity contribution in [2.24, 2.45) is 11.8 Å². The predicted octanol–water partition coefficient (Wildman–Crippen LogP) is 5.02. The van der Waals surface area contributed by atoms with E-state index in [1.807, 2.05) is 6.07 Å². The monoisotopic (exact) mass is 423 g/mol. The summed E-state index contributed by atoms with van der Waals surface area (Å²) in [6, 6.07) is 11.9. The summed E-state index contributed by atoms with van der Waals surface area (Å²) in [6.45, 7) is 1.40. The number of rotatable bonds is 5. The highest BCUT2D eigenvalue weighted by molar-refractivity contribution is 5.89. The third kappa shape index (κ3) is 3.69. The molecule has 3 aromatic rings. The Hall–Kier alpha value is -2.86. The van der Waals surface area contributed by atoms with Crippen molar-refractivity contribution in [1.82, 2.24) is 4.57 Å². The highest BCUT2D eigenvalue weighted by Crippen LogP contribution is 2.44. The number of hydrogen-bond acceptors (Lipinski definition) is 3. The molecule has 0 radical (unpaired) electrons. The zero-order valence-electron chi connectivity index (χ0n) is 17.3. The molecule has 5 nitrogen and oxygen atoms in total. The number of halogens is 1. The lowest BCUT2D eigenvalue weighted by Crippen LogP contribution is -2.31. The maximum atomic E-state index is 13.7. The van der Waals surface area contributed by atoms with Gasteiger partial charge in [0.05, 0.1) is 11.4 Å². The lowest BCUT2D eigenvalue weighted by molar-refractivity contribution is -0.146. The SMILES string of the molecule is O=C(O)C1CC(Cc2c(C3CCOCC3)n(-c3ccc(F)cc3)c3ccc(O)cc23)C1. The van der Waals surface area contributed by atoms with Gasteiger partial charge < -0.3 is 19.5 Å². The molecule has 1 saturated carbocycles. The molecular weight excluding hydrogens is 397 g/mol. The van der Waals surface area contributed by atoms with Gasteiger partial charge in [0.1, 0.15) is 11.6 Å². The maximum absolute atomic E-state index is 13.7. The van der Waals surface area contributed by atoms with Crippen molar-refractivity contribution in [1.29, 1.82) is 0 Å². The first kappa shape index (κ1) is 20.1. The number of phenols is 1. The van der Waals surface area contributed by atoms with E-state index in [1.165, 1.54) is 23.4 Å². The van der Waals surface area contributed by atoms with E-state index in [2.05, 4.69) is 4.57 Å². The zero-order valence-corrected chi connectivity index (χ0v) is 17.3. The first-order valence-corrected chi connectivity index (χ1v) is 10.9. The van der Waals surface area contributed by atoms with Gasteiger partial charge in [0, 0.05) is 35.9 Å². The fraction of sp³-hybridized carbons (Fsp3) is 0.400. The van der Waals surface area contributed by atoms with E-state index in [0.29, 0.717) is 37.9 Å². The molecule has 2 aromatic carbocycles. The van der Waals surface area contributed by atoms with Gasteiger partial charge in [-0.25, -0.2) is 4.39 Å². The van der Waals surface area contributed by atoms with Crippen molar-refractivity contribution >= 4 is 16.9 Å². The Bertz CT molecular complexity index is 1110. The van der Waals surface area contributed by atoms with Crippen LogP contribution in [0.2, 0.25) is 0 Å². The summed E-state index contributed by atoms with van der Waals surface area (Å²) in [5.41, 5.74) is 4.24. The number of aromatic hydroxyl groups is 1. The molecule has 0 atom stereocenters. The van der Waals surface area contributed by atoms with Gasteiger partial charge in [-0.3, -0.25) is 4.79 Å². The Morgan fingerprint density at radius 1 is 1.10 bits per heavy atom. The van der Waals surface area contributed by atoms with Gasteiger partial charge in [0.25, 0.3) is 0 Å². The van der Waals surface area contributed by atoms with Crippen LogP contribution in [0.1, 0.15) is 42.9 Å². The van der Waals surface area contributed by atoms with Crippen LogP contribution in [0.4, 0.5) is 4.39 Å². The first-order chi connectivity index (χ1) is 15.0. The molecule has 2 aliphatic rings. The zero-order chi connectivity index (χ0) is 21.5. The van der Waals surface area contributed by atoms with E-state index in [-0.39, 0.29) is 17.5 Å². The first-order valence-electron chi connectivity index (χ1n) is 10.9. The lowest BCUT2D eigenvalue weighted by atomic mass is 9.71. The van der Waals surface area contributed by atoms with Gasteiger partial charge in [-0.15, -0.1) is 0 Å². The third-order valence-corrected chi connectivity index (χ3v) is 6.87. The molecule has 1 aliphatic carbocycles. The molecule has 2 heterocycles. The van der Waals surface area contributed by atoms with Crippen LogP contribution in [-0.4, -0.2) is 34.0 Å². The molecule has 0 amide bonds. The Morgan fingerprint density at radius 3 is 2.48 bits per heavy atom. The van der Waals surface area contributed by atoms with Crippen molar-refractivity contribution in [3.05, 3.63) is 59.5 Å². The molecule has 0 bridgehead atoms. The summed E-state index contributed by atoms with van der Waals surface area (Å²) in [6.07, 6.45) is 3.96. The van der Waals surface area contributed by atoms with E-state index >= 15 is 0 Å². The number of nitrogens with zero attached hydrogens (tertiary/aromatic N) is 1. The second kappa shape index (κ2) is 8.00. The number of carbonyl (C=O) groups is 1. The third-order valence-electron chi connectivity index (χ3n) is 6.87. The van der Waals surface area contributed by atoms with E-state index < -0.39 is 5.97 Å². The van der Waals surface area contributed by atoms with Gasteiger partial charge in [-0.2, -0.15) is 0 Å². The molecule has 2 fully saturated rings. The minimum Gasteiger partial charge on any atom is -0.508 e. The van der Waals surface area contributed by atoms with Crippen molar-refractivity contribution in [2.45, 2.75) is 38.0 Å². The van der Waals surface area contributed by atoms with Crippen molar-refractivity contribution in [3.8, 4) is 11.4 Å². The summed E-state index contributed by atoms with van der Waals surface area (Å²) in [7, 11) is 0. The molecular formula is C25H26FNO4. The largest absolute Gasteiger partial charge is 0.508 e. The Balaban J connectivity index is 1.66. The van der Waals surface area contributed by atoms with E-state index in [9.17, 15) is 19.4 Å². The van der Waals surface area contributed by atoms with Crippen LogP contribution in [0.5, 0.6) is 5.75 Å². The van der Waals surface area contributed by atoms with Crippen LogP contribution < -0.4 is 0 Å². The molecule has 0 unspecified atom stereocenters. The van der Waals surface area contributed by atoms with Gasteiger partial charge >= 0.3 is 5.97 Å². The van der Waals surface area contributed by atoms with Crippen molar-refractivity contribution in [2.75, 3.05) is 13.2 Å². The number of benzene rings is 2. The van der Waals surface area contributed by atoms with E-state index in [4.69, 9.17) is 4.74 Å². The fourth-order valence-electron chi connectivity index (χ4n) is 5.24. The highest BCUT2D eigenvalue weighted by Gasteiger charge is 2.36. The van der Waals surface area contributed by atoms with Crippen LogP contribution >= 0.6 is 0 Å². The Morgan fingerprint density at radius 2 is 1.81 bits per heavy atom. The van der Waals surface area contributed by atoms with Crippen LogP contribution in [0.3, 0.4) is 0 Å². The molecule has 1 aliphatic heterocycles. The van der Waals surface area contributed by atoms with E-state index in [0.717, 1.165) is 35.9 Å². The summed E-state index contributed by atoms with van der Waals surface area (Å²) in [5.74, 6) is -0.434. The molecule has 1 aromatic heterocycles. The van der Waals surface area contributed by atoms with Gasteiger partial charge in [-0.05, 0) is 86.1 Å². The smallest absolute Gasteiger partial charge is 0.306 e. The lowest BCUT2D eigenvalue weighted by Gasteiger charge is -2.33. The van der Waals surface area contributed by atoms with Gasteiger partial charge in [-0.1, -0.05) is 0 Å². The van der Waals surface area contributed by atoms with E-state index in [1.54, 1.807) is 24.3 Å². The van der Waals surface area contributed by atoms with Crippen LogP contribution in [0.25, 0.3) is 16.6 Å². The second-order valence-electron chi connectivity index (χ2n) is 8.84. The molecule has 162 valence electrons. The minimum atomic E-state index is -0.715. The number of ether oxygens (including phenoxy) is 1. The summed E-state index contributed by atoms with van der Waals surface area (Å²) < 4.78 is 21.5. The average molecular weight is 423 g/mol. The second-order valence-corrected chi connectivity index (χ2v) is 8.84. The number of aliphatic carboxylic acids is 1. The normalized spacial score (nSPS) is 21.8. The standard InChI is InChI=1S/C25H26FNO4/c26-18-1-3-19(4-2-18)27-23-6-5-20(28)14-21(23)22(13-15-11-17(12-15)25(29)30)24(27)16-7-9-31-10-8-16/h1-6,14-17,28H,7-13H2,(H,29,30). The van der Waals surface area contributed by atoms with Crippen molar-refractivity contribution in [3.63, 3.8) is 0 Å². The highest BCUT2D eigenvalue weighted by atomic mass is 19.1. The molecule has 6 heteroatoms. The quantitative estimate of drug-likeness (QED) is 0.604. The number of aromatic nitrogens is 1. The van der Waals surface area contributed by atoms with Crippen molar-refractivity contribution < 1.29 is 24.1 Å². The number of fused-ring (bicyclic) bond motifs is 1. The Kier molecular flexibility index (Phi) is 5.18. The van der Waals surface area contributed by atoms with Crippen LogP contribution in [-0.2, 0) is 16.0 Å². The minimum absolute atomic E-state index is 0.209. The fourth-order valence-corrected chi connectivity index (χ4v) is 5.24. The molecule has 0 spiro atoms. The molecule has 5 rings (SSSR count). The number of phenolic OH excluding ortho intramolecular Hbond substituents is 1. The average Bonchev–Trinajstić information content (AvgIpc) is 3.04. The summed E-state index contributed by atoms with van der Waals surface area (Å²) >= 11 is 0. The summed E-state index contributed by atoms with van der Waals surface area (Å²) in [4.78, 5) is 11.3. The predicted molar refractivity (Wildman–Crippen MR) is 115 cm³/mol. The van der Waals surface area contributed by atoms with Crippen LogP contribution in [0, 0.1) is 17.7 Å². The molecule has 2 N–H and O–H groups in total. The number of hydrogen-bond donors (Lipinski definition) is 2. The van der Waals surface area contributed by atoms with Crippen LogP contribution in [0.15, 0.2) is 42.5 Å². The molecule has 31 heavy (non-hydrogen) atoms. The summed E-state index contributed by atoms with van der Waals surface area (Å²) in [5, 5.41) is 20.5. The van der Waals surface area contributed by atoms with Gasteiger partial charge in [0.2, 0.25) is 0 Å². The van der Waals surface area contributed by atoms with Gasteiger partial charge in [0.15, 0.2) is 0 Å².